The molecule has 1 aliphatic rings. The van der Waals surface area contributed by atoms with Crippen LogP contribution < -0.4 is 5.32 Å². The first kappa shape index (κ1) is 14.7. The van der Waals surface area contributed by atoms with Gasteiger partial charge >= 0.3 is 0 Å². The molecule has 0 amide bonds. The minimum atomic E-state index is -0.269. The van der Waals surface area contributed by atoms with Crippen molar-refractivity contribution in [2.75, 3.05) is 11.9 Å². The second kappa shape index (κ2) is 5.99. The smallest absolute Gasteiger partial charge is 0.222 e. The van der Waals surface area contributed by atoms with Crippen molar-refractivity contribution < 1.29 is 4.39 Å². The summed E-state index contributed by atoms with van der Waals surface area (Å²) in [6.07, 6.45) is 11.4. The summed E-state index contributed by atoms with van der Waals surface area (Å²) < 4.78 is 14.1. The maximum absolute atomic E-state index is 14.1. The number of imidazole rings is 1. The maximum atomic E-state index is 14.1. The van der Waals surface area contributed by atoms with E-state index in [0.717, 1.165) is 30.7 Å². The molecule has 122 valence electrons. The molecule has 2 N–H and O–H groups in total. The number of hydrogen-bond donors (Lipinski definition) is 2. The van der Waals surface area contributed by atoms with Crippen molar-refractivity contribution in [3.05, 3.63) is 54.6 Å². The number of aromatic amines is 1. The zero-order valence-corrected chi connectivity index (χ0v) is 13.0. The van der Waals surface area contributed by atoms with Crippen LogP contribution in [-0.4, -0.2) is 31.5 Å². The highest BCUT2D eigenvalue weighted by atomic mass is 19.1. The number of aromatic nitrogens is 5. The molecule has 6 nitrogen and oxygen atoms in total. The van der Waals surface area contributed by atoms with Gasteiger partial charge in [-0.05, 0) is 25.0 Å². The van der Waals surface area contributed by atoms with Crippen LogP contribution in [0.5, 0.6) is 0 Å². The summed E-state index contributed by atoms with van der Waals surface area (Å²) in [5, 5.41) is 3.23. The Morgan fingerprint density at radius 3 is 2.58 bits per heavy atom. The molecule has 0 bridgehead atoms. The van der Waals surface area contributed by atoms with Crippen molar-refractivity contribution in [2.24, 2.45) is 0 Å². The fraction of sp³-hybridized carbons (Fsp3) is 0.294. The number of nitrogens with one attached hydrogen (secondary N) is 2. The second-order valence-electron chi connectivity index (χ2n) is 6.05. The van der Waals surface area contributed by atoms with Crippen molar-refractivity contribution in [1.29, 1.82) is 0 Å². The summed E-state index contributed by atoms with van der Waals surface area (Å²) >= 11 is 0. The quantitative estimate of drug-likeness (QED) is 0.754. The fourth-order valence-electron chi connectivity index (χ4n) is 3.09. The summed E-state index contributed by atoms with van der Waals surface area (Å²) in [7, 11) is 0. The Bertz CT molecular complexity index is 811. The molecule has 0 saturated heterocycles. The summed E-state index contributed by atoms with van der Waals surface area (Å²) in [6, 6.07) is 3.09. The van der Waals surface area contributed by atoms with Crippen LogP contribution in [0.1, 0.15) is 25.0 Å². The SMILES string of the molecule is Fc1cccnc1C1(CNc2ncc(-c3ncc[nH]3)cn2)CCC1. The monoisotopic (exact) mass is 324 g/mol. The molecule has 24 heavy (non-hydrogen) atoms. The highest BCUT2D eigenvalue weighted by Crippen LogP contribution is 2.43. The molecule has 0 radical (unpaired) electrons. The largest absolute Gasteiger partial charge is 0.353 e. The van der Waals surface area contributed by atoms with Gasteiger partial charge in [-0.25, -0.2) is 19.3 Å². The lowest BCUT2D eigenvalue weighted by molar-refractivity contribution is 0.243. The number of H-pyrrole nitrogens is 1. The van der Waals surface area contributed by atoms with Gasteiger partial charge < -0.3 is 10.3 Å². The molecule has 4 rings (SSSR count). The van der Waals surface area contributed by atoms with Gasteiger partial charge in [0.1, 0.15) is 11.6 Å². The lowest BCUT2D eigenvalue weighted by Crippen LogP contribution is -2.42. The van der Waals surface area contributed by atoms with Crippen LogP contribution in [0, 0.1) is 5.82 Å². The van der Waals surface area contributed by atoms with Crippen LogP contribution in [0.15, 0.2) is 43.1 Å². The van der Waals surface area contributed by atoms with Crippen LogP contribution in [0.4, 0.5) is 10.3 Å². The molecule has 1 fully saturated rings. The standard InChI is InChI=1S/C17H17FN6/c18-13-3-1-6-19-14(13)17(4-2-5-17)11-24-16-22-9-12(10-23-16)15-20-7-8-21-15/h1,3,6-10H,2,4-5,11H2,(H,20,21)(H,22,23,24). The van der Waals surface area contributed by atoms with Gasteiger partial charge in [-0.1, -0.05) is 6.42 Å². The van der Waals surface area contributed by atoms with Gasteiger partial charge in [0, 0.05) is 42.9 Å². The van der Waals surface area contributed by atoms with E-state index in [1.807, 2.05) is 0 Å². The molecule has 7 heteroatoms. The third-order valence-corrected chi connectivity index (χ3v) is 4.58. The Morgan fingerprint density at radius 2 is 1.96 bits per heavy atom. The number of anilines is 1. The van der Waals surface area contributed by atoms with Gasteiger partial charge in [0.25, 0.3) is 0 Å². The van der Waals surface area contributed by atoms with Gasteiger partial charge in [0.2, 0.25) is 5.95 Å². The third-order valence-electron chi connectivity index (χ3n) is 4.58. The molecule has 3 aromatic rings. The summed E-state index contributed by atoms with van der Waals surface area (Å²) in [4.78, 5) is 20.1. The first-order valence-corrected chi connectivity index (χ1v) is 7.94. The van der Waals surface area contributed by atoms with Gasteiger partial charge in [-0.15, -0.1) is 0 Å². The zero-order valence-electron chi connectivity index (χ0n) is 13.0. The van der Waals surface area contributed by atoms with Crippen LogP contribution in [-0.2, 0) is 5.41 Å². The van der Waals surface area contributed by atoms with E-state index in [-0.39, 0.29) is 11.2 Å². The minimum absolute atomic E-state index is 0.243. The fourth-order valence-corrected chi connectivity index (χ4v) is 3.09. The Morgan fingerprint density at radius 1 is 1.12 bits per heavy atom. The van der Waals surface area contributed by atoms with E-state index in [9.17, 15) is 4.39 Å². The van der Waals surface area contributed by atoms with Crippen LogP contribution in [0.3, 0.4) is 0 Å². The molecule has 0 aromatic carbocycles. The van der Waals surface area contributed by atoms with Crippen molar-refractivity contribution in [1.82, 2.24) is 24.9 Å². The molecule has 1 saturated carbocycles. The van der Waals surface area contributed by atoms with Crippen LogP contribution >= 0.6 is 0 Å². The van der Waals surface area contributed by atoms with E-state index in [1.165, 1.54) is 6.07 Å². The average Bonchev–Trinajstić information content (AvgIpc) is 3.10. The molecule has 0 spiro atoms. The van der Waals surface area contributed by atoms with Crippen LogP contribution in [0.2, 0.25) is 0 Å². The number of halogens is 1. The number of hydrogen-bond acceptors (Lipinski definition) is 5. The predicted molar refractivity (Wildman–Crippen MR) is 87.8 cm³/mol. The van der Waals surface area contributed by atoms with Crippen molar-refractivity contribution in [2.45, 2.75) is 24.7 Å². The number of pyridine rings is 1. The zero-order chi connectivity index (χ0) is 16.4. The molecule has 1 aliphatic carbocycles. The van der Waals surface area contributed by atoms with Crippen molar-refractivity contribution >= 4 is 5.95 Å². The Kier molecular flexibility index (Phi) is 3.68. The first-order valence-electron chi connectivity index (χ1n) is 7.94. The van der Waals surface area contributed by atoms with E-state index < -0.39 is 0 Å². The summed E-state index contributed by atoms with van der Waals surface area (Å²) in [5.74, 6) is 1.01. The van der Waals surface area contributed by atoms with Crippen LogP contribution in [0.25, 0.3) is 11.4 Å². The first-order chi connectivity index (χ1) is 11.8. The number of nitrogens with zero attached hydrogens (tertiary/aromatic N) is 4. The van der Waals surface area contributed by atoms with E-state index in [2.05, 4.69) is 30.2 Å². The minimum Gasteiger partial charge on any atom is -0.353 e. The molecule has 3 aromatic heterocycles. The van der Waals surface area contributed by atoms with Gasteiger partial charge in [-0.3, -0.25) is 4.98 Å². The normalized spacial score (nSPS) is 15.7. The third kappa shape index (κ3) is 2.62. The highest BCUT2D eigenvalue weighted by Gasteiger charge is 2.41. The lowest BCUT2D eigenvalue weighted by atomic mass is 9.66. The van der Waals surface area contributed by atoms with Crippen molar-refractivity contribution in [3.8, 4) is 11.4 Å². The molecule has 0 atom stereocenters. The molecular formula is C17H17FN6. The van der Waals surface area contributed by atoms with E-state index in [4.69, 9.17) is 0 Å². The van der Waals surface area contributed by atoms with E-state index in [0.29, 0.717) is 18.2 Å². The lowest BCUT2D eigenvalue weighted by Gasteiger charge is -2.41. The van der Waals surface area contributed by atoms with Gasteiger partial charge in [-0.2, -0.15) is 0 Å². The van der Waals surface area contributed by atoms with E-state index in [1.54, 1.807) is 37.1 Å². The second-order valence-corrected chi connectivity index (χ2v) is 6.05. The molecular weight excluding hydrogens is 307 g/mol. The Hall–Kier alpha value is -2.83. The average molecular weight is 324 g/mol. The Balaban J connectivity index is 1.49. The van der Waals surface area contributed by atoms with Gasteiger partial charge in [0.05, 0.1) is 11.3 Å². The molecule has 0 unspecified atom stereocenters. The Labute approximate surface area is 138 Å². The van der Waals surface area contributed by atoms with E-state index >= 15 is 0 Å². The van der Waals surface area contributed by atoms with Gasteiger partial charge in [0.15, 0.2) is 0 Å². The highest BCUT2D eigenvalue weighted by molar-refractivity contribution is 5.52. The molecule has 3 heterocycles. The molecule has 0 aliphatic heterocycles. The summed E-state index contributed by atoms with van der Waals surface area (Å²) in [6.45, 7) is 0.570. The summed E-state index contributed by atoms with van der Waals surface area (Å²) in [5.41, 5.74) is 1.09. The topological polar surface area (TPSA) is 79.4 Å². The predicted octanol–water partition coefficient (Wildman–Crippen LogP) is 2.93. The number of rotatable bonds is 5. The van der Waals surface area contributed by atoms with Crippen molar-refractivity contribution in [3.63, 3.8) is 0 Å². The maximum Gasteiger partial charge on any atom is 0.222 e.